The van der Waals surface area contributed by atoms with Gasteiger partial charge >= 0.3 is 0 Å². The number of rotatable bonds is 2. The zero-order chi connectivity index (χ0) is 18.4. The van der Waals surface area contributed by atoms with Crippen LogP contribution in [0.15, 0.2) is 65.2 Å². The smallest absolute Gasteiger partial charge is 0.134 e. The summed E-state index contributed by atoms with van der Waals surface area (Å²) in [5.74, 6) is 0.590. The summed E-state index contributed by atoms with van der Waals surface area (Å²) in [5.41, 5.74) is 3.97. The van der Waals surface area contributed by atoms with Gasteiger partial charge in [-0.3, -0.25) is 0 Å². The van der Waals surface area contributed by atoms with Crippen LogP contribution >= 0.6 is 0 Å². The first kappa shape index (κ1) is 16.1. The van der Waals surface area contributed by atoms with E-state index in [9.17, 15) is 4.39 Å². The van der Waals surface area contributed by atoms with Crippen LogP contribution in [0, 0.1) is 5.82 Å². The maximum atomic E-state index is 14.9. The SMILES string of the molecule is CN1Cc2cc(-c3cccnn3)c(F)cc2C(c2cc3ccccc3o2)C1. The van der Waals surface area contributed by atoms with Crippen LogP contribution < -0.4 is 0 Å². The summed E-state index contributed by atoms with van der Waals surface area (Å²) in [6, 6.07) is 17.1. The first-order valence-electron chi connectivity index (χ1n) is 8.96. The highest BCUT2D eigenvalue weighted by Crippen LogP contribution is 2.38. The maximum Gasteiger partial charge on any atom is 0.134 e. The largest absolute Gasteiger partial charge is 0.460 e. The van der Waals surface area contributed by atoms with Crippen LogP contribution in [-0.2, 0) is 6.54 Å². The number of fused-ring (bicyclic) bond motifs is 2. The van der Waals surface area contributed by atoms with E-state index < -0.39 is 0 Å². The van der Waals surface area contributed by atoms with Gasteiger partial charge in [-0.2, -0.15) is 10.2 Å². The molecule has 0 aliphatic carbocycles. The van der Waals surface area contributed by atoms with Gasteiger partial charge in [0.2, 0.25) is 0 Å². The Morgan fingerprint density at radius 2 is 2.00 bits per heavy atom. The molecule has 4 nitrogen and oxygen atoms in total. The lowest BCUT2D eigenvalue weighted by atomic mass is 9.86. The number of hydrogen-bond acceptors (Lipinski definition) is 4. The molecule has 0 saturated carbocycles. The van der Waals surface area contributed by atoms with Crippen molar-refractivity contribution in [2.75, 3.05) is 13.6 Å². The van der Waals surface area contributed by atoms with Crippen molar-refractivity contribution in [3.8, 4) is 11.3 Å². The second-order valence-electron chi connectivity index (χ2n) is 7.08. The monoisotopic (exact) mass is 359 g/mol. The first-order chi connectivity index (χ1) is 13.2. The van der Waals surface area contributed by atoms with E-state index in [1.54, 1.807) is 24.4 Å². The van der Waals surface area contributed by atoms with Gasteiger partial charge in [-0.1, -0.05) is 18.2 Å². The number of nitrogens with zero attached hydrogens (tertiary/aromatic N) is 3. The first-order valence-corrected chi connectivity index (χ1v) is 8.96. The highest BCUT2D eigenvalue weighted by molar-refractivity contribution is 5.78. The molecule has 27 heavy (non-hydrogen) atoms. The predicted octanol–water partition coefficient (Wildman–Crippen LogP) is 4.61. The molecule has 1 aliphatic rings. The van der Waals surface area contributed by atoms with Crippen LogP contribution in [0.5, 0.6) is 0 Å². The van der Waals surface area contributed by atoms with Gasteiger partial charge in [-0.25, -0.2) is 4.39 Å². The zero-order valence-electron chi connectivity index (χ0n) is 14.9. The highest BCUT2D eigenvalue weighted by atomic mass is 19.1. The van der Waals surface area contributed by atoms with Crippen molar-refractivity contribution in [3.05, 3.63) is 83.5 Å². The average molecular weight is 359 g/mol. The molecule has 0 amide bonds. The van der Waals surface area contributed by atoms with E-state index in [2.05, 4.69) is 28.2 Å². The number of hydrogen-bond donors (Lipinski definition) is 0. The summed E-state index contributed by atoms with van der Waals surface area (Å²) >= 11 is 0. The summed E-state index contributed by atoms with van der Waals surface area (Å²) in [7, 11) is 2.07. The minimum Gasteiger partial charge on any atom is -0.460 e. The molecule has 2 aromatic heterocycles. The third-order valence-corrected chi connectivity index (χ3v) is 5.18. The molecule has 0 bridgehead atoms. The number of furan rings is 1. The van der Waals surface area contributed by atoms with E-state index in [-0.39, 0.29) is 11.7 Å². The predicted molar refractivity (Wildman–Crippen MR) is 102 cm³/mol. The minimum atomic E-state index is -0.278. The van der Waals surface area contributed by atoms with Gasteiger partial charge in [-0.05, 0) is 54.6 Å². The Morgan fingerprint density at radius 3 is 2.81 bits per heavy atom. The van der Waals surface area contributed by atoms with Crippen LogP contribution in [0.1, 0.15) is 22.8 Å². The molecule has 4 aromatic rings. The van der Waals surface area contributed by atoms with E-state index in [0.717, 1.165) is 40.9 Å². The topological polar surface area (TPSA) is 42.2 Å². The molecule has 1 unspecified atom stereocenters. The van der Waals surface area contributed by atoms with Crippen LogP contribution in [0.4, 0.5) is 4.39 Å². The fourth-order valence-corrected chi connectivity index (χ4v) is 3.92. The number of halogens is 1. The third-order valence-electron chi connectivity index (χ3n) is 5.18. The highest BCUT2D eigenvalue weighted by Gasteiger charge is 2.29. The van der Waals surface area contributed by atoms with Gasteiger partial charge in [-0.15, -0.1) is 0 Å². The van der Waals surface area contributed by atoms with Crippen LogP contribution in [0.25, 0.3) is 22.2 Å². The van der Waals surface area contributed by atoms with Crippen molar-refractivity contribution in [3.63, 3.8) is 0 Å². The fraction of sp³-hybridized carbons (Fsp3) is 0.182. The van der Waals surface area contributed by atoms with E-state index in [1.807, 2.05) is 30.3 Å². The molecule has 0 N–H and O–H groups in total. The quantitative estimate of drug-likeness (QED) is 0.524. The molecule has 0 saturated heterocycles. The van der Waals surface area contributed by atoms with E-state index >= 15 is 0 Å². The summed E-state index contributed by atoms with van der Waals surface area (Å²) in [6.07, 6.45) is 1.59. The molecule has 134 valence electrons. The van der Waals surface area contributed by atoms with Gasteiger partial charge in [0, 0.05) is 30.2 Å². The Labute approximate surface area is 156 Å². The second-order valence-corrected chi connectivity index (χ2v) is 7.08. The second kappa shape index (κ2) is 6.28. The van der Waals surface area contributed by atoms with Crippen molar-refractivity contribution in [2.24, 2.45) is 0 Å². The normalized spacial score (nSPS) is 17.2. The van der Waals surface area contributed by atoms with Crippen molar-refractivity contribution >= 4 is 11.0 Å². The summed E-state index contributed by atoms with van der Waals surface area (Å²) in [4.78, 5) is 2.23. The lowest BCUT2D eigenvalue weighted by molar-refractivity contribution is 0.282. The molecule has 3 heterocycles. The van der Waals surface area contributed by atoms with Crippen molar-refractivity contribution in [1.29, 1.82) is 0 Å². The van der Waals surface area contributed by atoms with Crippen molar-refractivity contribution in [2.45, 2.75) is 12.5 Å². The summed E-state index contributed by atoms with van der Waals surface area (Å²) in [5, 5.41) is 9.00. The Kier molecular flexibility index (Phi) is 3.76. The number of aromatic nitrogens is 2. The average Bonchev–Trinajstić information content (AvgIpc) is 3.12. The van der Waals surface area contributed by atoms with Gasteiger partial charge in [0.05, 0.1) is 11.6 Å². The Balaban J connectivity index is 1.64. The minimum absolute atomic E-state index is 0.00319. The van der Waals surface area contributed by atoms with Crippen LogP contribution in [-0.4, -0.2) is 28.7 Å². The Hall–Kier alpha value is -3.05. The lowest BCUT2D eigenvalue weighted by Gasteiger charge is -2.31. The van der Waals surface area contributed by atoms with Crippen LogP contribution in [0.2, 0.25) is 0 Å². The summed E-state index contributed by atoms with van der Waals surface area (Å²) < 4.78 is 21.0. The molecule has 5 heteroatoms. The number of likely N-dealkylation sites (N-methyl/N-ethyl adjacent to an activating group) is 1. The summed E-state index contributed by atoms with van der Waals surface area (Å²) in [6.45, 7) is 1.55. The van der Waals surface area contributed by atoms with E-state index in [0.29, 0.717) is 11.3 Å². The molecule has 2 aromatic carbocycles. The standard InChI is InChI=1S/C22H18FN3O/c1-26-12-15-9-17(20-6-4-8-24-25-20)19(23)11-16(15)18(13-26)22-10-14-5-2-3-7-21(14)27-22/h2-11,18H,12-13H2,1H3. The van der Waals surface area contributed by atoms with Gasteiger partial charge in [0.15, 0.2) is 0 Å². The van der Waals surface area contributed by atoms with E-state index in [1.165, 1.54) is 0 Å². The molecule has 1 atom stereocenters. The van der Waals surface area contributed by atoms with Gasteiger partial charge in [0.25, 0.3) is 0 Å². The lowest BCUT2D eigenvalue weighted by Crippen LogP contribution is -2.31. The van der Waals surface area contributed by atoms with Gasteiger partial charge in [0.1, 0.15) is 17.2 Å². The fourth-order valence-electron chi connectivity index (χ4n) is 3.92. The number of para-hydroxylation sites is 1. The van der Waals surface area contributed by atoms with Gasteiger partial charge < -0.3 is 9.32 Å². The molecular weight excluding hydrogens is 341 g/mol. The van der Waals surface area contributed by atoms with Crippen molar-refractivity contribution in [1.82, 2.24) is 15.1 Å². The Morgan fingerprint density at radius 1 is 1.11 bits per heavy atom. The molecule has 1 aliphatic heterocycles. The number of benzene rings is 2. The van der Waals surface area contributed by atoms with E-state index in [4.69, 9.17) is 4.42 Å². The molecular formula is C22H18FN3O. The zero-order valence-corrected chi connectivity index (χ0v) is 14.9. The molecule has 0 fully saturated rings. The van der Waals surface area contributed by atoms with Crippen LogP contribution in [0.3, 0.4) is 0 Å². The Bertz CT molecular complexity index is 1090. The molecule has 0 radical (unpaired) electrons. The molecule has 0 spiro atoms. The third kappa shape index (κ3) is 2.80. The molecule has 5 rings (SSSR count). The van der Waals surface area contributed by atoms with Crippen molar-refractivity contribution < 1.29 is 8.81 Å². The maximum absolute atomic E-state index is 14.9.